The van der Waals surface area contributed by atoms with Crippen LogP contribution in [0.5, 0.6) is 0 Å². The molecule has 1 aromatic heterocycles. The van der Waals surface area contributed by atoms with E-state index >= 15 is 0 Å². The predicted molar refractivity (Wildman–Crippen MR) is 114 cm³/mol. The molecule has 1 aromatic carbocycles. The molecule has 1 amide bonds. The third-order valence-electron chi connectivity index (χ3n) is 4.68. The molecule has 0 spiro atoms. The topological polar surface area (TPSA) is 59.8 Å². The van der Waals surface area contributed by atoms with Gasteiger partial charge in [0.25, 0.3) is 0 Å². The van der Waals surface area contributed by atoms with E-state index in [0.29, 0.717) is 22.9 Å². The first-order valence-electron chi connectivity index (χ1n) is 9.75. The molecule has 0 fully saturated rings. The van der Waals surface area contributed by atoms with Crippen molar-refractivity contribution in [3.8, 4) is 0 Å². The first kappa shape index (κ1) is 20.9. The Morgan fingerprint density at radius 1 is 1.25 bits per heavy atom. The summed E-state index contributed by atoms with van der Waals surface area (Å²) in [5.41, 5.74) is 1.63. The molecule has 28 heavy (non-hydrogen) atoms. The zero-order chi connectivity index (χ0) is 19.9. The molecule has 1 aliphatic heterocycles. The molecule has 2 aromatic rings. The molecule has 1 atom stereocenters. The first-order chi connectivity index (χ1) is 13.6. The zero-order valence-corrected chi connectivity index (χ0v) is 18.0. The second-order valence-corrected chi connectivity index (χ2v) is 8.91. The number of rotatable bonds is 8. The summed E-state index contributed by atoms with van der Waals surface area (Å²) < 4.78 is 5.28. The lowest BCUT2D eigenvalue weighted by atomic mass is 10.0. The maximum absolute atomic E-state index is 12.6. The highest BCUT2D eigenvalue weighted by atomic mass is 32.2. The van der Waals surface area contributed by atoms with Crippen molar-refractivity contribution >= 4 is 40.0 Å². The molecule has 2 N–H and O–H groups in total. The van der Waals surface area contributed by atoms with Gasteiger partial charge in [0.05, 0.1) is 35.9 Å². The van der Waals surface area contributed by atoms with Crippen molar-refractivity contribution in [2.45, 2.75) is 38.1 Å². The number of ether oxygens (including phenoxy) is 1. The highest BCUT2D eigenvalue weighted by Crippen LogP contribution is 2.35. The van der Waals surface area contributed by atoms with E-state index in [1.165, 1.54) is 32.9 Å². The van der Waals surface area contributed by atoms with Crippen LogP contribution in [0.15, 0.2) is 35.2 Å². The number of amides is 1. The van der Waals surface area contributed by atoms with Crippen LogP contribution in [0, 0.1) is 0 Å². The molecule has 5 nitrogen and oxygen atoms in total. The fraction of sp³-hybridized carbons (Fsp3) is 0.429. The Morgan fingerprint density at radius 3 is 2.75 bits per heavy atom. The maximum atomic E-state index is 12.6. The third-order valence-corrected chi connectivity index (χ3v) is 6.84. The molecule has 150 valence electrons. The van der Waals surface area contributed by atoms with Gasteiger partial charge in [0, 0.05) is 11.3 Å². The zero-order valence-electron chi connectivity index (χ0n) is 16.4. The lowest BCUT2D eigenvalue weighted by Gasteiger charge is -2.23. The first-order valence-corrected chi connectivity index (χ1v) is 11.6. The number of nitrogens with one attached hydrogen (secondary N) is 2. The summed E-state index contributed by atoms with van der Waals surface area (Å²) in [5.74, 6) is -0.122. The lowest BCUT2D eigenvalue weighted by Crippen LogP contribution is -3.11. The van der Waals surface area contributed by atoms with Gasteiger partial charge in [-0.25, -0.2) is 4.79 Å². The standard InChI is InChI=1S/C21H26N2O3S2/c1-3-11-23-12-10-16-17(13-23)28-20(19(16)21(25)26-4-2)22-18(24)14-27-15-8-6-5-7-9-15/h5-9H,3-4,10-14H2,1-2H3,(H,22,24)/p+1. The summed E-state index contributed by atoms with van der Waals surface area (Å²) in [6, 6.07) is 9.83. The Balaban J connectivity index is 1.75. The number of thiophene rings is 1. The van der Waals surface area contributed by atoms with Gasteiger partial charge in [-0.05, 0) is 31.0 Å². The van der Waals surface area contributed by atoms with Crippen LogP contribution in [0.2, 0.25) is 0 Å². The van der Waals surface area contributed by atoms with Gasteiger partial charge in [0.2, 0.25) is 5.91 Å². The molecule has 0 aliphatic carbocycles. The van der Waals surface area contributed by atoms with E-state index in [-0.39, 0.29) is 11.9 Å². The van der Waals surface area contributed by atoms with Crippen molar-refractivity contribution in [2.75, 3.05) is 30.8 Å². The van der Waals surface area contributed by atoms with E-state index in [1.807, 2.05) is 30.3 Å². The number of hydrogen-bond donors (Lipinski definition) is 2. The van der Waals surface area contributed by atoms with Crippen molar-refractivity contribution in [3.05, 3.63) is 46.3 Å². The van der Waals surface area contributed by atoms with Crippen molar-refractivity contribution in [3.63, 3.8) is 0 Å². The summed E-state index contributed by atoms with van der Waals surface area (Å²) in [7, 11) is 0. The van der Waals surface area contributed by atoms with Crippen LogP contribution >= 0.6 is 23.1 Å². The minimum atomic E-state index is -0.329. The van der Waals surface area contributed by atoms with Gasteiger partial charge in [-0.3, -0.25) is 4.79 Å². The Hall–Kier alpha value is -1.83. The molecule has 1 unspecified atom stereocenters. The van der Waals surface area contributed by atoms with Gasteiger partial charge < -0.3 is 15.0 Å². The second kappa shape index (κ2) is 10.1. The van der Waals surface area contributed by atoms with Gasteiger partial charge in [0.15, 0.2) is 0 Å². The van der Waals surface area contributed by atoms with E-state index in [0.717, 1.165) is 42.9 Å². The van der Waals surface area contributed by atoms with E-state index in [4.69, 9.17) is 4.74 Å². The van der Waals surface area contributed by atoms with Gasteiger partial charge in [0.1, 0.15) is 11.5 Å². The molecule has 7 heteroatoms. The van der Waals surface area contributed by atoms with Gasteiger partial charge in [-0.15, -0.1) is 23.1 Å². The van der Waals surface area contributed by atoms with Crippen molar-refractivity contribution < 1.29 is 19.2 Å². The SMILES string of the molecule is CCC[NH+]1CCc2c(sc(NC(=O)CSc3ccccc3)c2C(=O)OCC)C1. The van der Waals surface area contributed by atoms with Gasteiger partial charge >= 0.3 is 5.97 Å². The van der Waals surface area contributed by atoms with Gasteiger partial charge in [-0.1, -0.05) is 25.1 Å². The Bertz CT molecular complexity index is 821. The molecular formula is C21H27N2O3S2+. The number of thioether (sulfide) groups is 1. The van der Waals surface area contributed by atoms with Crippen molar-refractivity contribution in [1.82, 2.24) is 0 Å². The number of esters is 1. The minimum Gasteiger partial charge on any atom is -0.462 e. The quantitative estimate of drug-likeness (QED) is 0.510. The predicted octanol–water partition coefficient (Wildman–Crippen LogP) is 3.01. The number of fused-ring (bicyclic) bond motifs is 1. The van der Waals surface area contributed by atoms with Crippen LogP contribution in [0.4, 0.5) is 5.00 Å². The van der Waals surface area contributed by atoms with Crippen LogP contribution < -0.4 is 10.2 Å². The normalized spacial score (nSPS) is 15.7. The maximum Gasteiger partial charge on any atom is 0.341 e. The molecule has 3 rings (SSSR count). The molecule has 2 heterocycles. The molecule has 0 saturated heterocycles. The number of carbonyl (C=O) groups excluding carboxylic acids is 2. The van der Waals surface area contributed by atoms with Crippen LogP contribution in [0.3, 0.4) is 0 Å². The van der Waals surface area contributed by atoms with Crippen molar-refractivity contribution in [2.24, 2.45) is 0 Å². The summed E-state index contributed by atoms with van der Waals surface area (Å²) in [6.07, 6.45) is 1.99. The van der Waals surface area contributed by atoms with E-state index in [1.54, 1.807) is 6.92 Å². The smallest absolute Gasteiger partial charge is 0.341 e. The summed E-state index contributed by atoms with van der Waals surface area (Å²) in [4.78, 5) is 28.9. The Labute approximate surface area is 174 Å². The summed E-state index contributed by atoms with van der Waals surface area (Å²) in [5, 5.41) is 3.61. The third kappa shape index (κ3) is 5.16. The number of hydrogen-bond acceptors (Lipinski definition) is 5. The van der Waals surface area contributed by atoms with Crippen molar-refractivity contribution in [1.29, 1.82) is 0 Å². The number of quaternary nitrogens is 1. The Kier molecular flexibility index (Phi) is 7.53. The molecular weight excluding hydrogens is 392 g/mol. The fourth-order valence-electron chi connectivity index (χ4n) is 3.44. The Morgan fingerprint density at radius 2 is 2.04 bits per heavy atom. The van der Waals surface area contributed by atoms with Crippen LogP contribution in [0.25, 0.3) is 0 Å². The average Bonchev–Trinajstić information content (AvgIpc) is 3.04. The van der Waals surface area contributed by atoms with Crippen LogP contribution in [-0.4, -0.2) is 37.3 Å². The number of carbonyl (C=O) groups is 2. The van der Waals surface area contributed by atoms with E-state index in [2.05, 4.69) is 12.2 Å². The van der Waals surface area contributed by atoms with E-state index < -0.39 is 0 Å². The van der Waals surface area contributed by atoms with E-state index in [9.17, 15) is 9.59 Å². The largest absolute Gasteiger partial charge is 0.462 e. The monoisotopic (exact) mass is 419 g/mol. The van der Waals surface area contributed by atoms with Gasteiger partial charge in [-0.2, -0.15) is 0 Å². The number of benzene rings is 1. The fourth-order valence-corrected chi connectivity index (χ4v) is 5.48. The molecule has 0 radical (unpaired) electrons. The van der Waals surface area contributed by atoms with Crippen LogP contribution in [0.1, 0.15) is 41.1 Å². The average molecular weight is 420 g/mol. The number of anilines is 1. The lowest BCUT2D eigenvalue weighted by molar-refractivity contribution is -0.915. The minimum absolute atomic E-state index is 0.101. The highest BCUT2D eigenvalue weighted by molar-refractivity contribution is 8.00. The van der Waals surface area contributed by atoms with Crippen LogP contribution in [-0.2, 0) is 22.5 Å². The molecule has 0 saturated carbocycles. The summed E-state index contributed by atoms with van der Waals surface area (Å²) in [6.45, 7) is 7.38. The second-order valence-electron chi connectivity index (χ2n) is 6.76. The highest BCUT2D eigenvalue weighted by Gasteiger charge is 2.31. The molecule has 0 bridgehead atoms. The summed E-state index contributed by atoms with van der Waals surface area (Å²) >= 11 is 3.02. The molecule has 1 aliphatic rings.